The molecule has 1 aliphatic heterocycles. The highest BCUT2D eigenvalue weighted by molar-refractivity contribution is 5.96. The number of carbonyl (C=O) groups excluding carboxylic acids is 1. The minimum atomic E-state index is -0.419. The summed E-state index contributed by atoms with van der Waals surface area (Å²) in [7, 11) is 0. The monoisotopic (exact) mass is 219 g/mol. The van der Waals surface area contributed by atoms with Crippen LogP contribution < -0.4 is 16.4 Å². The summed E-state index contributed by atoms with van der Waals surface area (Å²) in [5.41, 5.74) is 14.3. The number of amides is 1. The minimum Gasteiger partial charge on any atom is -0.397 e. The van der Waals surface area contributed by atoms with E-state index in [1.807, 2.05) is 13.0 Å². The molecule has 0 aliphatic carbocycles. The lowest BCUT2D eigenvalue weighted by molar-refractivity contribution is 0.1000. The van der Waals surface area contributed by atoms with E-state index in [4.69, 9.17) is 11.5 Å². The molecule has 2 rings (SSSR count). The number of hydrogen-bond acceptors (Lipinski definition) is 3. The fourth-order valence-corrected chi connectivity index (χ4v) is 2.21. The number of aryl methyl sites for hydroxylation is 1. The lowest BCUT2D eigenvalue weighted by Gasteiger charge is -2.21. The van der Waals surface area contributed by atoms with Crippen LogP contribution in [0.25, 0.3) is 0 Å². The third-order valence-corrected chi connectivity index (χ3v) is 3.09. The van der Waals surface area contributed by atoms with Gasteiger partial charge in [-0.25, -0.2) is 0 Å². The normalized spacial score (nSPS) is 15.4. The van der Waals surface area contributed by atoms with Crippen molar-refractivity contribution in [2.24, 2.45) is 5.73 Å². The van der Waals surface area contributed by atoms with Crippen LogP contribution in [0.3, 0.4) is 0 Å². The van der Waals surface area contributed by atoms with Crippen LogP contribution >= 0.6 is 0 Å². The Bertz CT molecular complexity index is 423. The summed E-state index contributed by atoms with van der Waals surface area (Å²) in [6.45, 7) is 3.97. The van der Waals surface area contributed by atoms with Gasteiger partial charge in [0.25, 0.3) is 0 Å². The summed E-state index contributed by atoms with van der Waals surface area (Å²) in [6, 6.07) is 3.64. The van der Waals surface area contributed by atoms with E-state index in [9.17, 15) is 4.79 Å². The van der Waals surface area contributed by atoms with Gasteiger partial charge in [0.05, 0.1) is 11.4 Å². The lowest BCUT2D eigenvalue weighted by Crippen LogP contribution is -2.20. The average molecular weight is 219 g/mol. The fraction of sp³-hybridized carbons (Fsp3) is 0.417. The van der Waals surface area contributed by atoms with Gasteiger partial charge in [-0.05, 0) is 37.5 Å². The Morgan fingerprint density at radius 3 is 2.50 bits per heavy atom. The number of hydrogen-bond donors (Lipinski definition) is 2. The van der Waals surface area contributed by atoms with Crippen molar-refractivity contribution in [1.29, 1.82) is 0 Å². The Hall–Kier alpha value is -1.71. The summed E-state index contributed by atoms with van der Waals surface area (Å²) in [4.78, 5) is 13.4. The number of primary amides is 1. The SMILES string of the molecule is Cc1cc(N2CCCC2)c(N)cc1C(N)=O. The van der Waals surface area contributed by atoms with Crippen molar-refractivity contribution in [3.8, 4) is 0 Å². The van der Waals surface area contributed by atoms with Crippen molar-refractivity contribution in [2.45, 2.75) is 19.8 Å². The molecule has 4 heteroatoms. The van der Waals surface area contributed by atoms with Gasteiger partial charge in [-0.15, -0.1) is 0 Å². The minimum absolute atomic E-state index is 0.419. The highest BCUT2D eigenvalue weighted by atomic mass is 16.1. The van der Waals surface area contributed by atoms with Crippen molar-refractivity contribution < 1.29 is 4.79 Å². The van der Waals surface area contributed by atoms with Crippen LogP contribution in [0.4, 0.5) is 11.4 Å². The Morgan fingerprint density at radius 2 is 1.94 bits per heavy atom. The van der Waals surface area contributed by atoms with E-state index in [0.717, 1.165) is 24.3 Å². The van der Waals surface area contributed by atoms with E-state index in [0.29, 0.717) is 11.3 Å². The average Bonchev–Trinajstić information content (AvgIpc) is 2.73. The predicted octanol–water partition coefficient (Wildman–Crippen LogP) is 1.28. The summed E-state index contributed by atoms with van der Waals surface area (Å²) in [6.07, 6.45) is 2.41. The van der Waals surface area contributed by atoms with Crippen molar-refractivity contribution in [1.82, 2.24) is 0 Å². The van der Waals surface area contributed by atoms with Gasteiger partial charge in [0.15, 0.2) is 0 Å². The van der Waals surface area contributed by atoms with Crippen LogP contribution in [0.5, 0.6) is 0 Å². The molecule has 0 spiro atoms. The van der Waals surface area contributed by atoms with Crippen molar-refractivity contribution in [3.05, 3.63) is 23.3 Å². The summed E-state index contributed by atoms with van der Waals surface area (Å²) in [5.74, 6) is -0.419. The van der Waals surface area contributed by atoms with Crippen molar-refractivity contribution >= 4 is 17.3 Å². The van der Waals surface area contributed by atoms with Gasteiger partial charge in [-0.3, -0.25) is 4.79 Å². The zero-order valence-corrected chi connectivity index (χ0v) is 9.49. The maximum Gasteiger partial charge on any atom is 0.249 e. The summed E-state index contributed by atoms with van der Waals surface area (Å²) < 4.78 is 0. The molecule has 1 aromatic carbocycles. The van der Waals surface area contributed by atoms with E-state index < -0.39 is 5.91 Å². The molecule has 0 radical (unpaired) electrons. The molecule has 1 saturated heterocycles. The van der Waals surface area contributed by atoms with Crippen LogP contribution in [0.1, 0.15) is 28.8 Å². The molecule has 0 bridgehead atoms. The third kappa shape index (κ3) is 1.83. The Kier molecular flexibility index (Phi) is 2.73. The second-order valence-corrected chi connectivity index (χ2v) is 4.28. The summed E-state index contributed by atoms with van der Waals surface area (Å²) >= 11 is 0. The second kappa shape index (κ2) is 4.04. The maximum absolute atomic E-state index is 11.2. The van der Waals surface area contributed by atoms with Crippen molar-refractivity contribution in [2.75, 3.05) is 23.7 Å². The quantitative estimate of drug-likeness (QED) is 0.736. The molecule has 1 aromatic rings. The van der Waals surface area contributed by atoms with Gasteiger partial charge in [-0.2, -0.15) is 0 Å². The van der Waals surface area contributed by atoms with Crippen molar-refractivity contribution in [3.63, 3.8) is 0 Å². The molecule has 86 valence electrons. The lowest BCUT2D eigenvalue weighted by atomic mass is 10.1. The van der Waals surface area contributed by atoms with Gasteiger partial charge in [0.2, 0.25) is 5.91 Å². The summed E-state index contributed by atoms with van der Waals surface area (Å²) in [5, 5.41) is 0. The molecule has 16 heavy (non-hydrogen) atoms. The van der Waals surface area contributed by atoms with Crippen LogP contribution in [-0.4, -0.2) is 19.0 Å². The maximum atomic E-state index is 11.2. The molecule has 1 aliphatic rings. The van der Waals surface area contributed by atoms with Crippen LogP contribution in [-0.2, 0) is 0 Å². The van der Waals surface area contributed by atoms with Crippen LogP contribution in [0.15, 0.2) is 12.1 Å². The zero-order chi connectivity index (χ0) is 11.7. The van der Waals surface area contributed by atoms with Gasteiger partial charge in [0.1, 0.15) is 0 Å². The molecular formula is C12H17N3O. The number of nitrogens with two attached hydrogens (primary N) is 2. The predicted molar refractivity (Wildman–Crippen MR) is 65.6 cm³/mol. The van der Waals surface area contributed by atoms with E-state index in [2.05, 4.69) is 4.90 Å². The first-order valence-electron chi connectivity index (χ1n) is 5.54. The number of carbonyl (C=O) groups is 1. The van der Waals surface area contributed by atoms with Gasteiger partial charge in [0, 0.05) is 18.7 Å². The first-order valence-corrected chi connectivity index (χ1v) is 5.54. The third-order valence-electron chi connectivity index (χ3n) is 3.09. The molecule has 0 atom stereocenters. The van der Waals surface area contributed by atoms with Crippen LogP contribution in [0, 0.1) is 6.92 Å². The van der Waals surface area contributed by atoms with Crippen LogP contribution in [0.2, 0.25) is 0 Å². The highest BCUT2D eigenvalue weighted by Crippen LogP contribution is 2.29. The number of anilines is 2. The van der Waals surface area contributed by atoms with E-state index in [1.54, 1.807) is 6.07 Å². The zero-order valence-electron chi connectivity index (χ0n) is 9.49. The van der Waals surface area contributed by atoms with Gasteiger partial charge >= 0.3 is 0 Å². The fourth-order valence-electron chi connectivity index (χ4n) is 2.21. The Balaban J connectivity index is 2.40. The second-order valence-electron chi connectivity index (χ2n) is 4.28. The molecule has 0 saturated carbocycles. The Labute approximate surface area is 95.2 Å². The first kappa shape index (κ1) is 10.8. The van der Waals surface area contributed by atoms with E-state index in [1.165, 1.54) is 12.8 Å². The number of benzene rings is 1. The molecule has 4 N–H and O–H groups in total. The molecule has 0 aromatic heterocycles. The van der Waals surface area contributed by atoms with Gasteiger partial charge < -0.3 is 16.4 Å². The first-order chi connectivity index (χ1) is 7.59. The molecule has 0 unspecified atom stereocenters. The number of nitrogen functional groups attached to an aromatic ring is 1. The molecule has 1 fully saturated rings. The smallest absolute Gasteiger partial charge is 0.249 e. The van der Waals surface area contributed by atoms with E-state index in [-0.39, 0.29) is 0 Å². The largest absolute Gasteiger partial charge is 0.397 e. The molecule has 4 nitrogen and oxygen atoms in total. The highest BCUT2D eigenvalue weighted by Gasteiger charge is 2.17. The van der Waals surface area contributed by atoms with Gasteiger partial charge in [-0.1, -0.05) is 0 Å². The molecule has 1 heterocycles. The standard InChI is InChI=1S/C12H17N3O/c1-8-6-11(15-4-2-3-5-15)10(13)7-9(8)12(14)16/h6-7H,2-5,13H2,1H3,(H2,14,16). The molecule has 1 amide bonds. The number of rotatable bonds is 2. The van der Waals surface area contributed by atoms with E-state index >= 15 is 0 Å². The topological polar surface area (TPSA) is 72.3 Å². The number of nitrogens with zero attached hydrogens (tertiary/aromatic N) is 1. The Morgan fingerprint density at radius 1 is 1.31 bits per heavy atom. The molecular weight excluding hydrogens is 202 g/mol.